The molecule has 0 radical (unpaired) electrons. The lowest BCUT2D eigenvalue weighted by Crippen LogP contribution is -2.27. The van der Waals surface area contributed by atoms with Gasteiger partial charge in [-0.2, -0.15) is 5.10 Å². The van der Waals surface area contributed by atoms with Crippen LogP contribution in [-0.2, 0) is 11.3 Å². The molecule has 178 valence electrons. The van der Waals surface area contributed by atoms with E-state index in [0.717, 1.165) is 28.3 Å². The SMILES string of the molecule is Cc1cc(I)ccc1NCc1nnc(S[C@@H](C)C(=O)N/N=C\c2ccncc2)n1-c1ccccc1. The van der Waals surface area contributed by atoms with Crippen LogP contribution in [-0.4, -0.2) is 37.1 Å². The quantitative estimate of drug-likeness (QED) is 0.124. The normalized spacial score (nSPS) is 12.0. The van der Waals surface area contributed by atoms with Crippen molar-refractivity contribution in [3.63, 3.8) is 0 Å². The molecule has 0 aliphatic carbocycles. The molecule has 2 aromatic carbocycles. The van der Waals surface area contributed by atoms with Crippen molar-refractivity contribution in [2.75, 3.05) is 5.32 Å². The number of aromatic nitrogens is 4. The molecule has 0 aliphatic heterocycles. The number of hydrazone groups is 1. The summed E-state index contributed by atoms with van der Waals surface area (Å²) in [5, 5.41) is 16.5. The van der Waals surface area contributed by atoms with Crippen LogP contribution in [0.2, 0.25) is 0 Å². The van der Waals surface area contributed by atoms with Crippen molar-refractivity contribution in [3.05, 3.63) is 93.6 Å². The van der Waals surface area contributed by atoms with E-state index >= 15 is 0 Å². The van der Waals surface area contributed by atoms with Crippen LogP contribution in [0.5, 0.6) is 0 Å². The van der Waals surface area contributed by atoms with E-state index in [1.807, 2.05) is 54.0 Å². The second kappa shape index (κ2) is 11.9. The van der Waals surface area contributed by atoms with Crippen molar-refractivity contribution < 1.29 is 4.79 Å². The number of carbonyl (C=O) groups excluding carboxylic acids is 1. The molecule has 0 spiro atoms. The molecule has 2 aromatic heterocycles. The fourth-order valence-electron chi connectivity index (χ4n) is 3.25. The van der Waals surface area contributed by atoms with Crippen molar-refractivity contribution in [1.29, 1.82) is 0 Å². The first-order chi connectivity index (χ1) is 17.0. The van der Waals surface area contributed by atoms with Crippen LogP contribution in [0, 0.1) is 10.5 Å². The molecule has 1 atom stereocenters. The first-order valence-corrected chi connectivity index (χ1v) is 12.9. The summed E-state index contributed by atoms with van der Waals surface area (Å²) < 4.78 is 3.16. The molecule has 0 fully saturated rings. The first kappa shape index (κ1) is 24.9. The number of amides is 1. The Kier molecular flexibility index (Phi) is 8.48. The van der Waals surface area contributed by atoms with Crippen molar-refractivity contribution in [2.45, 2.75) is 30.8 Å². The monoisotopic (exact) mass is 597 g/mol. The third kappa shape index (κ3) is 6.67. The molecule has 8 nitrogen and oxygen atoms in total. The summed E-state index contributed by atoms with van der Waals surface area (Å²) in [5.41, 5.74) is 6.58. The van der Waals surface area contributed by atoms with Gasteiger partial charge in [-0.3, -0.25) is 14.3 Å². The minimum absolute atomic E-state index is 0.225. The van der Waals surface area contributed by atoms with E-state index in [-0.39, 0.29) is 5.91 Å². The maximum absolute atomic E-state index is 12.6. The Morgan fingerprint density at radius 1 is 1.14 bits per heavy atom. The number of nitrogens with zero attached hydrogens (tertiary/aromatic N) is 5. The summed E-state index contributed by atoms with van der Waals surface area (Å²) in [6.45, 7) is 4.38. The molecule has 4 aromatic rings. The molecular formula is C25H24IN7OS. The number of benzene rings is 2. The number of halogens is 1. The Morgan fingerprint density at radius 3 is 2.66 bits per heavy atom. The van der Waals surface area contributed by atoms with E-state index in [1.54, 1.807) is 18.6 Å². The maximum Gasteiger partial charge on any atom is 0.253 e. The van der Waals surface area contributed by atoms with Gasteiger partial charge in [-0.05, 0) is 90.0 Å². The molecule has 4 rings (SSSR count). The highest BCUT2D eigenvalue weighted by Crippen LogP contribution is 2.26. The Morgan fingerprint density at radius 2 is 1.91 bits per heavy atom. The van der Waals surface area contributed by atoms with Crippen molar-refractivity contribution in [1.82, 2.24) is 25.2 Å². The molecule has 0 bridgehead atoms. The lowest BCUT2D eigenvalue weighted by Gasteiger charge is -2.14. The number of hydrogen-bond acceptors (Lipinski definition) is 7. The van der Waals surface area contributed by atoms with E-state index in [9.17, 15) is 4.79 Å². The Bertz CT molecular complexity index is 1310. The molecular weight excluding hydrogens is 573 g/mol. The van der Waals surface area contributed by atoms with Gasteiger partial charge in [0.05, 0.1) is 18.0 Å². The summed E-state index contributed by atoms with van der Waals surface area (Å²) in [6.07, 6.45) is 4.93. The van der Waals surface area contributed by atoms with Gasteiger partial charge in [0, 0.05) is 27.3 Å². The highest BCUT2D eigenvalue weighted by molar-refractivity contribution is 14.1. The zero-order valence-corrected chi connectivity index (χ0v) is 22.2. The van der Waals surface area contributed by atoms with E-state index in [4.69, 9.17) is 0 Å². The van der Waals surface area contributed by atoms with Crippen LogP contribution < -0.4 is 10.7 Å². The van der Waals surface area contributed by atoms with Gasteiger partial charge in [-0.1, -0.05) is 30.0 Å². The minimum Gasteiger partial charge on any atom is -0.378 e. The van der Waals surface area contributed by atoms with Crippen molar-refractivity contribution >= 4 is 52.2 Å². The van der Waals surface area contributed by atoms with E-state index in [1.165, 1.54) is 15.3 Å². The lowest BCUT2D eigenvalue weighted by molar-refractivity contribution is -0.120. The predicted molar refractivity (Wildman–Crippen MR) is 148 cm³/mol. The van der Waals surface area contributed by atoms with Crippen LogP contribution in [0.25, 0.3) is 5.69 Å². The highest BCUT2D eigenvalue weighted by atomic mass is 127. The number of aryl methyl sites for hydroxylation is 1. The third-order valence-electron chi connectivity index (χ3n) is 5.09. The zero-order chi connectivity index (χ0) is 24.6. The smallest absolute Gasteiger partial charge is 0.253 e. The number of para-hydroxylation sites is 1. The molecule has 2 N–H and O–H groups in total. The molecule has 10 heteroatoms. The average Bonchev–Trinajstić information content (AvgIpc) is 3.26. The standard InChI is InChI=1S/C25H24IN7OS/c1-17-14-20(26)8-9-22(17)28-16-23-30-32-25(33(23)21-6-4-3-5-7-21)35-18(2)24(34)31-29-15-19-10-12-27-13-11-19/h3-15,18,28H,16H2,1-2H3,(H,31,34)/b29-15-/t18-/m0/s1. The van der Waals surface area contributed by atoms with Crippen LogP contribution in [0.1, 0.15) is 23.9 Å². The van der Waals surface area contributed by atoms with Gasteiger partial charge in [-0.25, -0.2) is 5.43 Å². The minimum atomic E-state index is -0.435. The van der Waals surface area contributed by atoms with E-state index in [0.29, 0.717) is 11.7 Å². The summed E-state index contributed by atoms with van der Waals surface area (Å²) in [5.74, 6) is 0.525. The topological polar surface area (TPSA) is 97.1 Å². The number of thioether (sulfide) groups is 1. The Hall–Kier alpha value is -3.25. The Balaban J connectivity index is 1.49. The summed E-state index contributed by atoms with van der Waals surface area (Å²) in [7, 11) is 0. The zero-order valence-electron chi connectivity index (χ0n) is 19.2. The fraction of sp³-hybridized carbons (Fsp3) is 0.160. The highest BCUT2D eigenvalue weighted by Gasteiger charge is 2.21. The third-order valence-corrected chi connectivity index (χ3v) is 6.80. The molecule has 0 aliphatic rings. The number of anilines is 1. The lowest BCUT2D eigenvalue weighted by atomic mass is 10.2. The number of nitrogens with one attached hydrogen (secondary N) is 2. The van der Waals surface area contributed by atoms with Gasteiger partial charge in [-0.15, -0.1) is 10.2 Å². The van der Waals surface area contributed by atoms with Crippen LogP contribution in [0.4, 0.5) is 5.69 Å². The molecule has 0 saturated heterocycles. The number of carbonyl (C=O) groups is 1. The molecule has 1 amide bonds. The second-order valence-electron chi connectivity index (χ2n) is 7.66. The first-order valence-electron chi connectivity index (χ1n) is 10.9. The number of pyridine rings is 1. The molecule has 2 heterocycles. The largest absolute Gasteiger partial charge is 0.378 e. The molecule has 35 heavy (non-hydrogen) atoms. The average molecular weight is 597 g/mol. The predicted octanol–water partition coefficient (Wildman–Crippen LogP) is 4.82. The van der Waals surface area contributed by atoms with Gasteiger partial charge in [0.15, 0.2) is 11.0 Å². The van der Waals surface area contributed by atoms with E-state index < -0.39 is 5.25 Å². The maximum atomic E-state index is 12.6. The van der Waals surface area contributed by atoms with Crippen LogP contribution in [0.3, 0.4) is 0 Å². The molecule has 0 saturated carbocycles. The summed E-state index contributed by atoms with van der Waals surface area (Å²) in [6, 6.07) is 19.8. The number of rotatable bonds is 9. The van der Waals surface area contributed by atoms with Crippen LogP contribution >= 0.6 is 34.4 Å². The van der Waals surface area contributed by atoms with Gasteiger partial charge in [0.2, 0.25) is 0 Å². The summed E-state index contributed by atoms with van der Waals surface area (Å²) >= 11 is 3.64. The van der Waals surface area contributed by atoms with Gasteiger partial charge in [0.25, 0.3) is 5.91 Å². The Labute approximate surface area is 221 Å². The van der Waals surface area contributed by atoms with Crippen molar-refractivity contribution in [2.24, 2.45) is 5.10 Å². The van der Waals surface area contributed by atoms with Crippen LogP contribution in [0.15, 0.2) is 83.3 Å². The second-order valence-corrected chi connectivity index (χ2v) is 10.2. The fourth-order valence-corrected chi connectivity index (χ4v) is 4.78. The van der Waals surface area contributed by atoms with Gasteiger partial charge in [0.1, 0.15) is 0 Å². The molecule has 0 unspecified atom stereocenters. The number of hydrogen-bond donors (Lipinski definition) is 2. The summed E-state index contributed by atoms with van der Waals surface area (Å²) in [4.78, 5) is 16.6. The van der Waals surface area contributed by atoms with E-state index in [2.05, 4.69) is 78.7 Å². The van der Waals surface area contributed by atoms with Gasteiger partial charge < -0.3 is 5.32 Å². The van der Waals surface area contributed by atoms with Gasteiger partial charge >= 0.3 is 0 Å². The van der Waals surface area contributed by atoms with Crippen molar-refractivity contribution in [3.8, 4) is 5.69 Å².